The Kier molecular flexibility index (Phi) is 9.96. The van der Waals surface area contributed by atoms with E-state index in [1.165, 1.54) is 10.7 Å². The molecule has 1 fully saturated rings. The SMILES string of the molecule is CN=C(NCCc1nc(C(C)(C)C)cs1)NC1CCN(Cc2ccccn2)CC1.I. The van der Waals surface area contributed by atoms with Gasteiger partial charge >= 0.3 is 0 Å². The molecule has 166 valence electrons. The zero-order chi connectivity index (χ0) is 20.7. The van der Waals surface area contributed by atoms with Crippen LogP contribution in [0.5, 0.6) is 0 Å². The fraction of sp³-hybridized carbons (Fsp3) is 0.591. The summed E-state index contributed by atoms with van der Waals surface area (Å²) in [7, 11) is 1.84. The van der Waals surface area contributed by atoms with Crippen LogP contribution in [0.4, 0.5) is 0 Å². The van der Waals surface area contributed by atoms with Crippen molar-refractivity contribution < 1.29 is 0 Å². The smallest absolute Gasteiger partial charge is 0.191 e. The van der Waals surface area contributed by atoms with Crippen LogP contribution in [0.15, 0.2) is 34.8 Å². The van der Waals surface area contributed by atoms with E-state index in [1.807, 2.05) is 19.3 Å². The van der Waals surface area contributed by atoms with Crippen LogP contribution in [-0.2, 0) is 18.4 Å². The Labute approximate surface area is 202 Å². The normalized spacial score (nSPS) is 16.2. The van der Waals surface area contributed by atoms with Crippen molar-refractivity contribution in [1.29, 1.82) is 0 Å². The topological polar surface area (TPSA) is 65.4 Å². The number of hydrogen-bond donors (Lipinski definition) is 2. The lowest BCUT2D eigenvalue weighted by atomic mass is 9.93. The third-order valence-electron chi connectivity index (χ3n) is 5.22. The Bertz CT molecular complexity index is 778. The number of thiazole rings is 1. The number of aliphatic imine (C=N–C) groups is 1. The first-order chi connectivity index (χ1) is 13.9. The van der Waals surface area contributed by atoms with Gasteiger partial charge in [0.2, 0.25) is 0 Å². The van der Waals surface area contributed by atoms with Crippen LogP contribution in [0, 0.1) is 0 Å². The fourth-order valence-corrected chi connectivity index (χ4v) is 4.43. The number of piperidine rings is 1. The highest BCUT2D eigenvalue weighted by Crippen LogP contribution is 2.23. The molecule has 0 saturated carbocycles. The Morgan fingerprint density at radius 2 is 2.03 bits per heavy atom. The van der Waals surface area contributed by atoms with Gasteiger partial charge in [-0.3, -0.25) is 14.9 Å². The van der Waals surface area contributed by atoms with Crippen molar-refractivity contribution in [2.24, 2.45) is 4.99 Å². The lowest BCUT2D eigenvalue weighted by molar-refractivity contribution is 0.196. The lowest BCUT2D eigenvalue weighted by Crippen LogP contribution is -2.48. The first kappa shape index (κ1) is 25.0. The monoisotopic (exact) mass is 542 g/mol. The second-order valence-electron chi connectivity index (χ2n) is 8.64. The Morgan fingerprint density at radius 1 is 1.27 bits per heavy atom. The highest BCUT2D eigenvalue weighted by molar-refractivity contribution is 14.0. The fourth-order valence-electron chi connectivity index (χ4n) is 3.40. The van der Waals surface area contributed by atoms with Gasteiger partial charge in [0, 0.05) is 62.7 Å². The molecule has 0 radical (unpaired) electrons. The summed E-state index contributed by atoms with van der Waals surface area (Å²) < 4.78 is 0. The van der Waals surface area contributed by atoms with Gasteiger partial charge in [-0.25, -0.2) is 4.98 Å². The summed E-state index contributed by atoms with van der Waals surface area (Å²) >= 11 is 1.75. The first-order valence-electron chi connectivity index (χ1n) is 10.5. The molecule has 1 saturated heterocycles. The molecule has 0 amide bonds. The number of guanidine groups is 1. The standard InChI is InChI=1S/C22H34N6S.HI/c1-22(2,3)19-16-29-20(27-19)8-12-25-21(23-4)26-17-9-13-28(14-10-17)15-18-7-5-6-11-24-18;/h5-7,11,16-17H,8-10,12-15H2,1-4H3,(H2,23,25,26);1H. The molecule has 2 N–H and O–H groups in total. The van der Waals surface area contributed by atoms with Gasteiger partial charge in [0.1, 0.15) is 0 Å². The molecule has 8 heteroatoms. The average Bonchev–Trinajstić information content (AvgIpc) is 3.19. The third kappa shape index (κ3) is 7.77. The summed E-state index contributed by atoms with van der Waals surface area (Å²) in [6.45, 7) is 10.6. The van der Waals surface area contributed by atoms with E-state index >= 15 is 0 Å². The van der Waals surface area contributed by atoms with Crippen molar-refractivity contribution in [3.63, 3.8) is 0 Å². The zero-order valence-corrected chi connectivity index (χ0v) is 21.7. The zero-order valence-electron chi connectivity index (χ0n) is 18.5. The highest BCUT2D eigenvalue weighted by Gasteiger charge is 2.20. The van der Waals surface area contributed by atoms with Crippen molar-refractivity contribution in [2.75, 3.05) is 26.7 Å². The Morgan fingerprint density at radius 3 is 2.63 bits per heavy atom. The number of nitrogens with zero attached hydrogens (tertiary/aromatic N) is 4. The summed E-state index contributed by atoms with van der Waals surface area (Å²) in [6, 6.07) is 6.59. The van der Waals surface area contributed by atoms with Crippen molar-refractivity contribution in [3.8, 4) is 0 Å². The molecule has 0 spiro atoms. The van der Waals surface area contributed by atoms with Crippen molar-refractivity contribution >= 4 is 41.3 Å². The van der Waals surface area contributed by atoms with Crippen LogP contribution in [0.25, 0.3) is 0 Å². The van der Waals surface area contributed by atoms with Gasteiger partial charge in [-0.05, 0) is 25.0 Å². The molecule has 0 atom stereocenters. The highest BCUT2D eigenvalue weighted by atomic mass is 127. The van der Waals surface area contributed by atoms with Gasteiger partial charge in [0.15, 0.2) is 5.96 Å². The molecule has 0 aliphatic carbocycles. The van der Waals surface area contributed by atoms with Crippen LogP contribution in [-0.4, -0.2) is 53.6 Å². The largest absolute Gasteiger partial charge is 0.356 e. The Balaban J connectivity index is 0.00000320. The molecule has 3 rings (SSSR count). The average molecular weight is 543 g/mol. The number of likely N-dealkylation sites (tertiary alicyclic amines) is 1. The van der Waals surface area contributed by atoms with Gasteiger partial charge in [0.05, 0.1) is 16.4 Å². The van der Waals surface area contributed by atoms with E-state index in [1.54, 1.807) is 11.3 Å². The molecule has 2 aromatic heterocycles. The number of nitrogens with one attached hydrogen (secondary N) is 2. The van der Waals surface area contributed by atoms with E-state index in [-0.39, 0.29) is 29.4 Å². The van der Waals surface area contributed by atoms with Crippen LogP contribution < -0.4 is 10.6 Å². The third-order valence-corrected chi connectivity index (χ3v) is 6.12. The predicted octanol–water partition coefficient (Wildman–Crippen LogP) is 3.83. The molecule has 3 heterocycles. The summed E-state index contributed by atoms with van der Waals surface area (Å²) in [6.07, 6.45) is 5.03. The van der Waals surface area contributed by atoms with Crippen LogP contribution in [0.1, 0.15) is 50.0 Å². The number of pyridine rings is 1. The first-order valence-corrected chi connectivity index (χ1v) is 11.4. The van der Waals surface area contributed by atoms with E-state index in [0.717, 1.165) is 57.1 Å². The molecule has 30 heavy (non-hydrogen) atoms. The summed E-state index contributed by atoms with van der Waals surface area (Å²) in [5.74, 6) is 0.890. The van der Waals surface area contributed by atoms with E-state index in [0.29, 0.717) is 6.04 Å². The number of hydrogen-bond acceptors (Lipinski definition) is 5. The number of rotatable bonds is 6. The Hall–Kier alpha value is -1.26. The van der Waals surface area contributed by atoms with Crippen molar-refractivity contribution in [1.82, 2.24) is 25.5 Å². The van der Waals surface area contributed by atoms with E-state index in [9.17, 15) is 0 Å². The molecule has 0 unspecified atom stereocenters. The maximum Gasteiger partial charge on any atom is 0.191 e. The second-order valence-corrected chi connectivity index (χ2v) is 9.58. The number of aromatic nitrogens is 2. The number of halogens is 1. The summed E-state index contributed by atoms with van der Waals surface area (Å²) in [5, 5.41) is 10.4. The van der Waals surface area contributed by atoms with Crippen LogP contribution in [0.3, 0.4) is 0 Å². The maximum atomic E-state index is 4.77. The molecule has 1 aliphatic heterocycles. The minimum Gasteiger partial charge on any atom is -0.356 e. The van der Waals surface area contributed by atoms with Crippen molar-refractivity contribution in [2.45, 2.75) is 58.0 Å². The molecule has 6 nitrogen and oxygen atoms in total. The minimum absolute atomic E-state index is 0. The quantitative estimate of drug-likeness (QED) is 0.330. The van der Waals surface area contributed by atoms with Gasteiger partial charge < -0.3 is 10.6 Å². The summed E-state index contributed by atoms with van der Waals surface area (Å²) in [5.41, 5.74) is 2.44. The minimum atomic E-state index is 0. The molecule has 1 aliphatic rings. The van der Waals surface area contributed by atoms with E-state index in [4.69, 9.17) is 4.98 Å². The molecular formula is C22H35IN6S. The van der Waals surface area contributed by atoms with Gasteiger partial charge in [0.25, 0.3) is 0 Å². The van der Waals surface area contributed by atoms with Gasteiger partial charge in [-0.2, -0.15) is 0 Å². The van der Waals surface area contributed by atoms with Crippen LogP contribution in [0.2, 0.25) is 0 Å². The molecule has 2 aromatic rings. The van der Waals surface area contributed by atoms with Gasteiger partial charge in [-0.1, -0.05) is 26.8 Å². The predicted molar refractivity (Wildman–Crippen MR) is 137 cm³/mol. The second kappa shape index (κ2) is 12.0. The van der Waals surface area contributed by atoms with E-state index < -0.39 is 0 Å². The molecule has 0 bridgehead atoms. The van der Waals surface area contributed by atoms with Crippen molar-refractivity contribution in [3.05, 3.63) is 46.2 Å². The summed E-state index contributed by atoms with van der Waals surface area (Å²) in [4.78, 5) is 16.1. The maximum absolute atomic E-state index is 4.77. The molecular weight excluding hydrogens is 507 g/mol. The van der Waals surface area contributed by atoms with Gasteiger partial charge in [-0.15, -0.1) is 35.3 Å². The van der Waals surface area contributed by atoms with E-state index in [2.05, 4.69) is 63.8 Å². The van der Waals surface area contributed by atoms with Crippen LogP contribution >= 0.6 is 35.3 Å². The molecule has 0 aromatic carbocycles. The lowest BCUT2D eigenvalue weighted by Gasteiger charge is -2.32.